The molecule has 0 N–H and O–H groups in total. The molecule has 5 heteroatoms. The lowest BCUT2D eigenvalue weighted by atomic mass is 10.0. The molecule has 2 aromatic rings. The van der Waals surface area contributed by atoms with Crippen LogP contribution in [0.4, 0.5) is 13.2 Å². The van der Waals surface area contributed by atoms with Gasteiger partial charge in [-0.25, -0.2) is 13.2 Å². The van der Waals surface area contributed by atoms with Crippen LogP contribution in [-0.2, 0) is 16.1 Å². The first kappa shape index (κ1) is 17.0. The van der Waals surface area contributed by atoms with Crippen molar-refractivity contribution >= 4 is 0 Å². The van der Waals surface area contributed by atoms with Crippen molar-refractivity contribution in [1.29, 1.82) is 0 Å². The second kappa shape index (κ2) is 7.36. The van der Waals surface area contributed by atoms with Gasteiger partial charge in [-0.3, -0.25) is 0 Å². The Kier molecular flexibility index (Phi) is 5.21. The monoisotopic (exact) mass is 336 g/mol. The molecule has 1 fully saturated rings. The number of benzene rings is 2. The molecule has 1 aliphatic heterocycles. The van der Waals surface area contributed by atoms with Gasteiger partial charge in [-0.15, -0.1) is 0 Å². The summed E-state index contributed by atoms with van der Waals surface area (Å²) in [6.45, 7) is 2.25. The summed E-state index contributed by atoms with van der Waals surface area (Å²) in [6.07, 6.45) is 0.599. The van der Waals surface area contributed by atoms with Crippen molar-refractivity contribution in [3.05, 3.63) is 59.2 Å². The third kappa shape index (κ3) is 3.47. The maximum absolute atomic E-state index is 13.7. The molecule has 1 aliphatic rings. The van der Waals surface area contributed by atoms with E-state index in [2.05, 4.69) is 6.92 Å². The third-order valence-electron chi connectivity index (χ3n) is 4.33. The summed E-state index contributed by atoms with van der Waals surface area (Å²) in [7, 11) is 0. The number of hydrogen-bond acceptors (Lipinski definition) is 2. The van der Waals surface area contributed by atoms with Gasteiger partial charge in [-0.2, -0.15) is 0 Å². The molecule has 0 bridgehead atoms. The zero-order valence-corrected chi connectivity index (χ0v) is 13.4. The van der Waals surface area contributed by atoms with Gasteiger partial charge in [0.05, 0.1) is 18.8 Å². The first-order valence-electron chi connectivity index (χ1n) is 7.99. The first-order valence-corrected chi connectivity index (χ1v) is 7.99. The molecule has 1 heterocycles. The average Bonchev–Trinajstić information content (AvgIpc) is 2.62. The van der Waals surface area contributed by atoms with E-state index < -0.39 is 30.2 Å². The fourth-order valence-corrected chi connectivity index (χ4v) is 2.70. The van der Waals surface area contributed by atoms with E-state index >= 15 is 0 Å². The zero-order chi connectivity index (χ0) is 17.1. The maximum atomic E-state index is 13.7. The predicted octanol–water partition coefficient (Wildman–Crippen LogP) is 5.17. The summed E-state index contributed by atoms with van der Waals surface area (Å²) in [5, 5.41) is 0. The van der Waals surface area contributed by atoms with E-state index in [1.54, 1.807) is 12.1 Å². The standard InChI is InChI=1S/C19H19F3O2/c1-2-12-10-23-19(24-11-12)14-5-3-13(4-6-14)15-7-17(21)16(9-20)18(22)8-15/h3-8,12,19H,2,9-11H2,1H3. The fraction of sp³-hybridized carbons (Fsp3) is 0.368. The summed E-state index contributed by atoms with van der Waals surface area (Å²) >= 11 is 0. The van der Waals surface area contributed by atoms with E-state index in [1.165, 1.54) is 0 Å². The third-order valence-corrected chi connectivity index (χ3v) is 4.33. The van der Waals surface area contributed by atoms with E-state index in [9.17, 15) is 13.2 Å². The van der Waals surface area contributed by atoms with Crippen molar-refractivity contribution in [2.75, 3.05) is 13.2 Å². The van der Waals surface area contributed by atoms with Crippen molar-refractivity contribution in [3.63, 3.8) is 0 Å². The number of ether oxygens (including phenoxy) is 2. The molecule has 0 atom stereocenters. The SMILES string of the molecule is CCC1COC(c2ccc(-c3cc(F)c(CF)c(F)c3)cc2)OC1. The van der Waals surface area contributed by atoms with Crippen LogP contribution < -0.4 is 0 Å². The molecule has 0 aliphatic carbocycles. The summed E-state index contributed by atoms with van der Waals surface area (Å²) < 4.78 is 51.4. The smallest absolute Gasteiger partial charge is 0.183 e. The minimum Gasteiger partial charge on any atom is -0.348 e. The number of hydrogen-bond donors (Lipinski definition) is 0. The van der Waals surface area contributed by atoms with Crippen LogP contribution in [0.2, 0.25) is 0 Å². The van der Waals surface area contributed by atoms with E-state index in [4.69, 9.17) is 9.47 Å². The Bertz CT molecular complexity index is 669. The van der Waals surface area contributed by atoms with Crippen LogP contribution in [0.1, 0.15) is 30.8 Å². The summed E-state index contributed by atoms with van der Waals surface area (Å²) in [5.74, 6) is -1.33. The number of rotatable bonds is 4. The van der Waals surface area contributed by atoms with E-state index in [-0.39, 0.29) is 0 Å². The highest BCUT2D eigenvalue weighted by molar-refractivity contribution is 5.64. The molecule has 24 heavy (non-hydrogen) atoms. The van der Waals surface area contributed by atoms with Gasteiger partial charge < -0.3 is 9.47 Å². The predicted molar refractivity (Wildman–Crippen MR) is 85.0 cm³/mol. The minimum absolute atomic E-state index is 0.366. The van der Waals surface area contributed by atoms with E-state index in [0.29, 0.717) is 30.3 Å². The molecule has 0 spiro atoms. The van der Waals surface area contributed by atoms with Crippen LogP contribution in [0.15, 0.2) is 36.4 Å². The lowest BCUT2D eigenvalue weighted by Gasteiger charge is -2.29. The van der Waals surface area contributed by atoms with Gasteiger partial charge in [0.25, 0.3) is 0 Å². The zero-order valence-electron chi connectivity index (χ0n) is 13.4. The normalized spacial score (nSPS) is 21.0. The molecular formula is C19H19F3O2. The molecule has 0 amide bonds. The van der Waals surface area contributed by atoms with Crippen molar-refractivity contribution < 1.29 is 22.6 Å². The second-order valence-electron chi connectivity index (χ2n) is 5.95. The van der Waals surface area contributed by atoms with Crippen LogP contribution in [0.25, 0.3) is 11.1 Å². The molecule has 3 rings (SSSR count). The Balaban J connectivity index is 1.78. The van der Waals surface area contributed by atoms with Gasteiger partial charge >= 0.3 is 0 Å². The number of halogens is 3. The molecule has 0 radical (unpaired) electrons. The Hall–Kier alpha value is -1.85. The van der Waals surface area contributed by atoms with Gasteiger partial charge in [0.15, 0.2) is 6.29 Å². The molecule has 2 nitrogen and oxygen atoms in total. The lowest BCUT2D eigenvalue weighted by Crippen LogP contribution is -2.26. The Morgan fingerprint density at radius 1 is 0.958 bits per heavy atom. The van der Waals surface area contributed by atoms with Crippen molar-refractivity contribution in [1.82, 2.24) is 0 Å². The van der Waals surface area contributed by atoms with E-state index in [0.717, 1.165) is 24.1 Å². The van der Waals surface area contributed by atoms with Crippen molar-refractivity contribution in [3.8, 4) is 11.1 Å². The topological polar surface area (TPSA) is 18.5 Å². The maximum Gasteiger partial charge on any atom is 0.183 e. The highest BCUT2D eigenvalue weighted by Gasteiger charge is 2.22. The van der Waals surface area contributed by atoms with Crippen molar-refractivity contribution in [2.24, 2.45) is 5.92 Å². The minimum atomic E-state index is -1.16. The molecule has 0 unspecified atom stereocenters. The highest BCUT2D eigenvalue weighted by atomic mass is 19.1. The average molecular weight is 336 g/mol. The summed E-state index contributed by atoms with van der Waals surface area (Å²) in [6, 6.07) is 9.41. The van der Waals surface area contributed by atoms with Gasteiger partial charge in [0.2, 0.25) is 0 Å². The second-order valence-corrected chi connectivity index (χ2v) is 5.95. The van der Waals surface area contributed by atoms with Gasteiger partial charge in [0, 0.05) is 11.5 Å². The molecule has 0 saturated carbocycles. The molecular weight excluding hydrogens is 317 g/mol. The van der Waals surface area contributed by atoms with E-state index in [1.807, 2.05) is 12.1 Å². The van der Waals surface area contributed by atoms with Gasteiger partial charge in [-0.05, 0) is 29.7 Å². The van der Waals surface area contributed by atoms with Gasteiger partial charge in [-0.1, -0.05) is 31.2 Å². The fourth-order valence-electron chi connectivity index (χ4n) is 2.70. The van der Waals surface area contributed by atoms with Crippen LogP contribution in [0.5, 0.6) is 0 Å². The lowest BCUT2D eigenvalue weighted by molar-refractivity contribution is -0.205. The molecule has 0 aromatic heterocycles. The molecule has 128 valence electrons. The Morgan fingerprint density at radius 3 is 2.04 bits per heavy atom. The largest absolute Gasteiger partial charge is 0.348 e. The molecule has 2 aromatic carbocycles. The van der Waals surface area contributed by atoms with Crippen LogP contribution in [-0.4, -0.2) is 13.2 Å². The van der Waals surface area contributed by atoms with Crippen LogP contribution in [0, 0.1) is 17.6 Å². The Morgan fingerprint density at radius 2 is 1.54 bits per heavy atom. The Labute approximate surface area is 139 Å². The summed E-state index contributed by atoms with van der Waals surface area (Å²) in [4.78, 5) is 0. The highest BCUT2D eigenvalue weighted by Crippen LogP contribution is 2.29. The quantitative estimate of drug-likeness (QED) is 0.766. The van der Waals surface area contributed by atoms with Crippen molar-refractivity contribution in [2.45, 2.75) is 26.3 Å². The number of alkyl halides is 1. The first-order chi connectivity index (χ1) is 11.6. The molecule has 1 saturated heterocycles. The van der Waals surface area contributed by atoms with Gasteiger partial charge in [0.1, 0.15) is 18.3 Å². The summed E-state index contributed by atoms with van der Waals surface area (Å²) in [5.41, 5.74) is 1.33. The van der Waals surface area contributed by atoms with Crippen LogP contribution in [0.3, 0.4) is 0 Å². The van der Waals surface area contributed by atoms with Crippen LogP contribution >= 0.6 is 0 Å².